The molecule has 0 saturated heterocycles. The monoisotopic (exact) mass is 411 g/mol. The van der Waals surface area contributed by atoms with Crippen molar-refractivity contribution in [3.05, 3.63) is 65.7 Å². The molecule has 1 heterocycles. The first-order chi connectivity index (χ1) is 13.7. The Kier molecular flexibility index (Phi) is 6.49. The van der Waals surface area contributed by atoms with E-state index in [2.05, 4.69) is 52.9 Å². The van der Waals surface area contributed by atoms with Crippen molar-refractivity contribution in [2.24, 2.45) is 4.99 Å². The van der Waals surface area contributed by atoms with Gasteiger partial charge in [0.15, 0.2) is 8.32 Å². The number of aliphatic imine (C=N–C) groups is 1. The smallest absolute Gasteiger partial charge is 0.217 e. The van der Waals surface area contributed by atoms with E-state index in [1.807, 2.05) is 42.5 Å². The van der Waals surface area contributed by atoms with E-state index in [1.54, 1.807) is 0 Å². The van der Waals surface area contributed by atoms with Crippen LogP contribution in [-0.4, -0.2) is 33.5 Å². The van der Waals surface area contributed by atoms with Crippen LogP contribution in [0.2, 0.25) is 18.1 Å². The molecule has 0 aromatic heterocycles. The molecule has 2 aromatic carbocycles. The van der Waals surface area contributed by atoms with E-state index in [-0.39, 0.29) is 17.2 Å². The molecule has 1 aliphatic rings. The van der Waals surface area contributed by atoms with E-state index in [0.717, 1.165) is 11.3 Å². The van der Waals surface area contributed by atoms with Crippen molar-refractivity contribution < 1.29 is 13.9 Å². The van der Waals surface area contributed by atoms with Gasteiger partial charge >= 0.3 is 0 Å². The minimum atomic E-state index is -1.78. The molecular formula is C24H33NO3Si. The van der Waals surface area contributed by atoms with Crippen LogP contribution in [0.3, 0.4) is 0 Å². The summed E-state index contributed by atoms with van der Waals surface area (Å²) in [5.41, 5.74) is 2.12. The van der Waals surface area contributed by atoms with Crippen LogP contribution in [0.5, 0.6) is 5.75 Å². The lowest BCUT2D eigenvalue weighted by molar-refractivity contribution is 0.134. The largest absolute Gasteiger partial charge is 0.488 e. The highest BCUT2D eigenvalue weighted by Crippen LogP contribution is 2.36. The van der Waals surface area contributed by atoms with Crippen LogP contribution in [-0.2, 0) is 9.16 Å². The first kappa shape index (κ1) is 21.6. The predicted molar refractivity (Wildman–Crippen MR) is 121 cm³/mol. The molecule has 0 amide bonds. The number of hydrogen-bond donors (Lipinski definition) is 0. The van der Waals surface area contributed by atoms with Gasteiger partial charge in [-0.1, -0.05) is 57.2 Å². The van der Waals surface area contributed by atoms with Crippen LogP contribution in [0.4, 0.5) is 0 Å². The van der Waals surface area contributed by atoms with E-state index >= 15 is 0 Å². The van der Waals surface area contributed by atoms with E-state index in [0.29, 0.717) is 19.1 Å². The molecule has 0 spiro atoms. The van der Waals surface area contributed by atoms with Crippen molar-refractivity contribution in [3.63, 3.8) is 0 Å². The van der Waals surface area contributed by atoms with Crippen LogP contribution in [0.15, 0.2) is 59.6 Å². The lowest BCUT2D eigenvalue weighted by Crippen LogP contribution is -2.43. The summed E-state index contributed by atoms with van der Waals surface area (Å²) in [5.74, 6) is 1.48. The molecule has 0 aliphatic carbocycles. The van der Waals surface area contributed by atoms with Crippen molar-refractivity contribution in [2.45, 2.75) is 58.0 Å². The SMILES string of the molecule is C[C@@H](CO[Si](C)(C)C(C)(C)C)Oc1cccc(C2=N[C@H](c3ccccc3)CO2)c1. The summed E-state index contributed by atoms with van der Waals surface area (Å²) in [6.07, 6.45) is -0.0251. The van der Waals surface area contributed by atoms with Crippen molar-refractivity contribution in [1.29, 1.82) is 0 Å². The molecule has 0 unspecified atom stereocenters. The van der Waals surface area contributed by atoms with Crippen LogP contribution in [0, 0.1) is 0 Å². The van der Waals surface area contributed by atoms with Gasteiger partial charge in [0.05, 0.1) is 6.61 Å². The number of nitrogens with zero attached hydrogens (tertiary/aromatic N) is 1. The Bertz CT molecular complexity index is 843. The Morgan fingerprint density at radius 2 is 1.83 bits per heavy atom. The summed E-state index contributed by atoms with van der Waals surface area (Å²) in [6.45, 7) is 14.5. The lowest BCUT2D eigenvalue weighted by Gasteiger charge is -2.36. The highest BCUT2D eigenvalue weighted by atomic mass is 28.4. The highest BCUT2D eigenvalue weighted by Gasteiger charge is 2.37. The zero-order valence-electron chi connectivity index (χ0n) is 18.4. The molecule has 2 atom stereocenters. The number of rotatable bonds is 7. The summed E-state index contributed by atoms with van der Waals surface area (Å²) >= 11 is 0. The van der Waals surface area contributed by atoms with Gasteiger partial charge in [-0.2, -0.15) is 0 Å². The minimum Gasteiger partial charge on any atom is -0.488 e. The van der Waals surface area contributed by atoms with E-state index in [1.165, 1.54) is 5.56 Å². The van der Waals surface area contributed by atoms with Gasteiger partial charge in [0, 0.05) is 5.56 Å². The second-order valence-corrected chi connectivity index (χ2v) is 14.0. The Balaban J connectivity index is 1.63. The van der Waals surface area contributed by atoms with Crippen molar-refractivity contribution >= 4 is 14.2 Å². The summed E-state index contributed by atoms with van der Waals surface area (Å²) in [6, 6.07) is 18.3. The summed E-state index contributed by atoms with van der Waals surface area (Å²) in [5, 5.41) is 0.194. The molecule has 2 aromatic rings. The normalized spacial score (nSPS) is 18.1. The lowest BCUT2D eigenvalue weighted by atomic mass is 10.1. The summed E-state index contributed by atoms with van der Waals surface area (Å²) < 4.78 is 18.3. The molecule has 4 nitrogen and oxygen atoms in total. The number of ether oxygens (including phenoxy) is 2. The third kappa shape index (κ3) is 5.49. The molecule has 5 heteroatoms. The second kappa shape index (κ2) is 8.72. The topological polar surface area (TPSA) is 40.0 Å². The first-order valence-corrected chi connectivity index (χ1v) is 13.2. The van der Waals surface area contributed by atoms with Crippen molar-refractivity contribution in [2.75, 3.05) is 13.2 Å². The molecule has 0 N–H and O–H groups in total. The maximum atomic E-state index is 6.29. The van der Waals surface area contributed by atoms with Crippen molar-refractivity contribution in [1.82, 2.24) is 0 Å². The molecule has 29 heavy (non-hydrogen) atoms. The maximum Gasteiger partial charge on any atom is 0.217 e. The Morgan fingerprint density at radius 3 is 2.52 bits per heavy atom. The van der Waals surface area contributed by atoms with Gasteiger partial charge < -0.3 is 13.9 Å². The first-order valence-electron chi connectivity index (χ1n) is 10.3. The molecular weight excluding hydrogens is 378 g/mol. The maximum absolute atomic E-state index is 6.29. The fraction of sp³-hybridized carbons (Fsp3) is 0.458. The Hall–Kier alpha value is -2.11. The summed E-state index contributed by atoms with van der Waals surface area (Å²) in [4.78, 5) is 4.76. The van der Waals surface area contributed by atoms with Gasteiger partial charge in [0.25, 0.3) is 0 Å². The van der Waals surface area contributed by atoms with Gasteiger partial charge in [-0.3, -0.25) is 0 Å². The van der Waals surface area contributed by atoms with Gasteiger partial charge in [0.2, 0.25) is 5.90 Å². The zero-order chi connectivity index (χ0) is 21.1. The predicted octanol–water partition coefficient (Wildman–Crippen LogP) is 5.99. The van der Waals surface area contributed by atoms with E-state index in [4.69, 9.17) is 18.9 Å². The van der Waals surface area contributed by atoms with Crippen LogP contribution < -0.4 is 4.74 Å². The van der Waals surface area contributed by atoms with Crippen LogP contribution >= 0.6 is 0 Å². The average molecular weight is 412 g/mol. The van der Waals surface area contributed by atoms with Crippen molar-refractivity contribution in [3.8, 4) is 5.75 Å². The number of hydrogen-bond acceptors (Lipinski definition) is 4. The fourth-order valence-corrected chi connectivity index (χ4v) is 3.97. The van der Waals surface area contributed by atoms with Crippen LogP contribution in [0.1, 0.15) is 44.9 Å². The third-order valence-electron chi connectivity index (χ3n) is 5.74. The van der Waals surface area contributed by atoms with Gasteiger partial charge in [-0.05, 0) is 48.8 Å². The van der Waals surface area contributed by atoms with E-state index < -0.39 is 8.32 Å². The molecule has 0 saturated carbocycles. The standard InChI is InChI=1S/C24H33NO3Si/c1-18(16-27-29(5,6)24(2,3)4)28-21-14-10-13-20(15-21)23-25-22(17-26-23)19-11-8-7-9-12-19/h7-15,18,22H,16-17H2,1-6H3/t18-,22-/m0/s1. The molecule has 0 fully saturated rings. The van der Waals surface area contributed by atoms with E-state index in [9.17, 15) is 0 Å². The zero-order valence-corrected chi connectivity index (χ0v) is 19.4. The molecule has 3 rings (SSSR count). The number of benzene rings is 2. The summed E-state index contributed by atoms with van der Waals surface area (Å²) in [7, 11) is -1.78. The average Bonchev–Trinajstić information content (AvgIpc) is 3.17. The van der Waals surface area contributed by atoms with Gasteiger partial charge in [-0.25, -0.2) is 4.99 Å². The Labute approximate surface area is 176 Å². The quantitative estimate of drug-likeness (QED) is 0.525. The molecule has 0 radical (unpaired) electrons. The second-order valence-electron chi connectivity index (χ2n) is 9.20. The fourth-order valence-electron chi connectivity index (χ4n) is 2.89. The van der Waals surface area contributed by atoms with Crippen LogP contribution in [0.25, 0.3) is 0 Å². The Morgan fingerprint density at radius 1 is 1.10 bits per heavy atom. The highest BCUT2D eigenvalue weighted by molar-refractivity contribution is 6.74. The van der Waals surface area contributed by atoms with Gasteiger partial charge in [-0.15, -0.1) is 0 Å². The molecule has 1 aliphatic heterocycles. The minimum absolute atomic E-state index is 0.0251. The van der Waals surface area contributed by atoms with Gasteiger partial charge in [0.1, 0.15) is 24.5 Å². The molecule has 156 valence electrons. The molecule has 0 bridgehead atoms. The third-order valence-corrected chi connectivity index (χ3v) is 10.2.